The fraction of sp³-hybridized carbons (Fsp3) is 0.941. The number of hydrogen-bond acceptors (Lipinski definition) is 2. The van der Waals surface area contributed by atoms with Crippen LogP contribution in [0.15, 0.2) is 4.99 Å². The quantitative estimate of drug-likeness (QED) is 0.272. The van der Waals surface area contributed by atoms with E-state index in [9.17, 15) is 0 Å². The number of hydrogen-bond donors (Lipinski definition) is 2. The van der Waals surface area contributed by atoms with Crippen molar-refractivity contribution >= 4 is 29.9 Å². The first-order valence-corrected chi connectivity index (χ1v) is 8.73. The fourth-order valence-corrected chi connectivity index (χ4v) is 3.17. The van der Waals surface area contributed by atoms with Gasteiger partial charge in [-0.15, -0.1) is 24.0 Å². The zero-order valence-corrected chi connectivity index (χ0v) is 17.3. The number of nitrogens with one attached hydrogen (secondary N) is 1. The van der Waals surface area contributed by atoms with Gasteiger partial charge in [0.1, 0.15) is 0 Å². The molecule has 3 N–H and O–H groups in total. The van der Waals surface area contributed by atoms with Gasteiger partial charge in [-0.2, -0.15) is 0 Å². The Hall–Kier alpha value is -0.0400. The van der Waals surface area contributed by atoms with Gasteiger partial charge in [0.05, 0.1) is 0 Å². The number of halogens is 1. The maximum atomic E-state index is 5.85. The minimum Gasteiger partial charge on any atom is -0.370 e. The maximum Gasteiger partial charge on any atom is 0.188 e. The highest BCUT2D eigenvalue weighted by molar-refractivity contribution is 14.0. The number of nitrogens with zero attached hydrogens (tertiary/aromatic N) is 2. The summed E-state index contributed by atoms with van der Waals surface area (Å²) in [6, 6.07) is 0. The topological polar surface area (TPSA) is 53.6 Å². The van der Waals surface area contributed by atoms with Crippen molar-refractivity contribution in [3.63, 3.8) is 0 Å². The Morgan fingerprint density at radius 2 is 1.86 bits per heavy atom. The van der Waals surface area contributed by atoms with Gasteiger partial charge in [-0.1, -0.05) is 27.7 Å². The van der Waals surface area contributed by atoms with Crippen molar-refractivity contribution in [1.29, 1.82) is 0 Å². The average Bonchev–Trinajstić information content (AvgIpc) is 2.36. The highest BCUT2D eigenvalue weighted by atomic mass is 127. The number of nitrogens with two attached hydrogens (primary N) is 1. The van der Waals surface area contributed by atoms with Crippen LogP contribution in [-0.2, 0) is 0 Å². The Labute approximate surface area is 154 Å². The lowest BCUT2D eigenvalue weighted by molar-refractivity contribution is 0.139. The molecule has 1 saturated heterocycles. The van der Waals surface area contributed by atoms with E-state index in [-0.39, 0.29) is 24.0 Å². The molecule has 1 aliphatic rings. The van der Waals surface area contributed by atoms with Crippen LogP contribution in [0.4, 0.5) is 0 Å². The van der Waals surface area contributed by atoms with E-state index >= 15 is 0 Å². The monoisotopic (exact) mass is 424 g/mol. The third kappa shape index (κ3) is 10.6. The van der Waals surface area contributed by atoms with E-state index < -0.39 is 0 Å². The number of likely N-dealkylation sites (tertiary alicyclic amines) is 1. The maximum absolute atomic E-state index is 5.85. The molecule has 1 heterocycles. The van der Waals surface area contributed by atoms with E-state index in [0.29, 0.717) is 11.9 Å². The van der Waals surface area contributed by atoms with Gasteiger partial charge < -0.3 is 16.0 Å². The summed E-state index contributed by atoms with van der Waals surface area (Å²) in [6.07, 6.45) is 4.88. The molecule has 0 bridgehead atoms. The Balaban J connectivity index is 0.00000441. The molecule has 132 valence electrons. The zero-order chi connectivity index (χ0) is 15.7. The summed E-state index contributed by atoms with van der Waals surface area (Å²) in [6.45, 7) is 14.7. The van der Waals surface area contributed by atoms with Gasteiger partial charge in [-0.25, -0.2) is 0 Å². The highest BCUT2D eigenvalue weighted by Crippen LogP contribution is 2.20. The summed E-state index contributed by atoms with van der Waals surface area (Å²) in [5.74, 6) is 3.02. The van der Waals surface area contributed by atoms with Gasteiger partial charge in [0.2, 0.25) is 0 Å². The number of rotatable bonds is 8. The van der Waals surface area contributed by atoms with Crippen LogP contribution in [-0.4, -0.2) is 43.6 Å². The van der Waals surface area contributed by atoms with Crippen LogP contribution in [0.25, 0.3) is 0 Å². The molecule has 2 atom stereocenters. The van der Waals surface area contributed by atoms with Crippen LogP contribution in [0.1, 0.15) is 53.4 Å². The molecule has 1 fully saturated rings. The van der Waals surface area contributed by atoms with Crippen LogP contribution < -0.4 is 11.1 Å². The normalized spacial score (nSPS) is 23.4. The molecule has 0 radical (unpaired) electrons. The summed E-state index contributed by atoms with van der Waals surface area (Å²) in [5, 5.41) is 3.18. The lowest BCUT2D eigenvalue weighted by Crippen LogP contribution is -2.39. The lowest BCUT2D eigenvalue weighted by Gasteiger charge is -2.34. The van der Waals surface area contributed by atoms with Crippen molar-refractivity contribution in [1.82, 2.24) is 10.2 Å². The van der Waals surface area contributed by atoms with Gasteiger partial charge >= 0.3 is 0 Å². The van der Waals surface area contributed by atoms with Crippen molar-refractivity contribution in [3.8, 4) is 0 Å². The molecule has 1 aliphatic heterocycles. The van der Waals surface area contributed by atoms with E-state index in [2.05, 4.69) is 42.9 Å². The van der Waals surface area contributed by atoms with E-state index in [0.717, 1.165) is 37.8 Å². The minimum atomic E-state index is 0. The largest absolute Gasteiger partial charge is 0.370 e. The van der Waals surface area contributed by atoms with Gasteiger partial charge in [0.15, 0.2) is 5.96 Å². The van der Waals surface area contributed by atoms with E-state index in [1.807, 2.05) is 0 Å². The molecule has 0 aromatic carbocycles. The van der Waals surface area contributed by atoms with Crippen molar-refractivity contribution < 1.29 is 0 Å². The standard InChI is InChI=1S/C17H36N4.HI/c1-14(2)7-9-20-17(18)19-8-5-6-10-21-12-15(3)11-16(4)13-21;/h14-16H,5-13H2,1-4H3,(H3,18,19,20);1H. The van der Waals surface area contributed by atoms with Crippen LogP contribution in [0.5, 0.6) is 0 Å². The summed E-state index contributed by atoms with van der Waals surface area (Å²) in [4.78, 5) is 7.02. The molecule has 0 amide bonds. The molecular weight excluding hydrogens is 387 g/mol. The SMILES string of the molecule is CC(C)CCNC(N)=NCCCCN1CC(C)CC(C)C1.I. The molecule has 2 unspecified atom stereocenters. The second kappa shape index (κ2) is 12.4. The van der Waals surface area contributed by atoms with Crippen LogP contribution in [0.2, 0.25) is 0 Å². The highest BCUT2D eigenvalue weighted by Gasteiger charge is 2.20. The Morgan fingerprint density at radius 1 is 1.23 bits per heavy atom. The fourth-order valence-electron chi connectivity index (χ4n) is 3.17. The predicted octanol–water partition coefficient (Wildman–Crippen LogP) is 3.31. The third-order valence-corrected chi connectivity index (χ3v) is 4.14. The molecule has 0 saturated carbocycles. The van der Waals surface area contributed by atoms with Crippen molar-refractivity contribution in [3.05, 3.63) is 0 Å². The van der Waals surface area contributed by atoms with Gasteiger partial charge in [0.25, 0.3) is 0 Å². The minimum absolute atomic E-state index is 0. The molecule has 0 aromatic heterocycles. The van der Waals surface area contributed by atoms with Gasteiger partial charge in [-0.3, -0.25) is 4.99 Å². The first-order valence-electron chi connectivity index (χ1n) is 8.73. The van der Waals surface area contributed by atoms with Crippen LogP contribution >= 0.6 is 24.0 Å². The number of guanidine groups is 1. The molecule has 5 heteroatoms. The second-order valence-corrected chi connectivity index (χ2v) is 7.29. The summed E-state index contributed by atoms with van der Waals surface area (Å²) >= 11 is 0. The smallest absolute Gasteiger partial charge is 0.188 e. The van der Waals surface area contributed by atoms with Crippen molar-refractivity contribution in [2.24, 2.45) is 28.5 Å². The van der Waals surface area contributed by atoms with E-state index in [1.165, 1.54) is 32.5 Å². The molecule has 22 heavy (non-hydrogen) atoms. The molecular formula is C17H37IN4. The van der Waals surface area contributed by atoms with Crippen molar-refractivity contribution in [2.45, 2.75) is 53.4 Å². The molecule has 1 rings (SSSR count). The first-order chi connectivity index (χ1) is 9.97. The summed E-state index contributed by atoms with van der Waals surface area (Å²) in [5.41, 5.74) is 5.85. The van der Waals surface area contributed by atoms with Crippen LogP contribution in [0, 0.1) is 17.8 Å². The summed E-state index contributed by atoms with van der Waals surface area (Å²) in [7, 11) is 0. The van der Waals surface area contributed by atoms with Crippen LogP contribution in [0.3, 0.4) is 0 Å². The Bertz CT molecular complexity index is 297. The second-order valence-electron chi connectivity index (χ2n) is 7.29. The molecule has 4 nitrogen and oxygen atoms in total. The Morgan fingerprint density at radius 3 is 2.45 bits per heavy atom. The van der Waals surface area contributed by atoms with Crippen molar-refractivity contribution in [2.75, 3.05) is 32.7 Å². The van der Waals surface area contributed by atoms with Gasteiger partial charge in [0, 0.05) is 26.2 Å². The first kappa shape index (κ1) is 22.0. The average molecular weight is 424 g/mol. The van der Waals surface area contributed by atoms with E-state index in [4.69, 9.17) is 5.73 Å². The van der Waals surface area contributed by atoms with E-state index in [1.54, 1.807) is 0 Å². The van der Waals surface area contributed by atoms with Gasteiger partial charge in [-0.05, 0) is 50.0 Å². The number of unbranched alkanes of at least 4 members (excludes halogenated alkanes) is 1. The Kier molecular flexibility index (Phi) is 12.4. The summed E-state index contributed by atoms with van der Waals surface area (Å²) < 4.78 is 0. The molecule has 0 aromatic rings. The number of piperidine rings is 1. The third-order valence-electron chi connectivity index (χ3n) is 4.14. The predicted molar refractivity (Wildman–Crippen MR) is 108 cm³/mol. The zero-order valence-electron chi connectivity index (χ0n) is 15.0. The molecule has 0 spiro atoms. The number of aliphatic imine (C=N–C) groups is 1. The lowest BCUT2D eigenvalue weighted by atomic mass is 9.92. The molecule has 0 aliphatic carbocycles.